The lowest BCUT2D eigenvalue weighted by Crippen LogP contribution is -2.43. The summed E-state index contributed by atoms with van der Waals surface area (Å²) in [6, 6.07) is 0. The van der Waals surface area contributed by atoms with Gasteiger partial charge in [-0.3, -0.25) is 9.59 Å². The zero-order valence-corrected chi connectivity index (χ0v) is 8.45. The molecule has 3 nitrogen and oxygen atoms in total. The Morgan fingerprint density at radius 2 is 2.21 bits per heavy atom. The van der Waals surface area contributed by atoms with Gasteiger partial charge >= 0.3 is 5.97 Å². The third-order valence-corrected chi connectivity index (χ3v) is 4.25. The Hall–Kier alpha value is -0.860. The average molecular weight is 196 g/mol. The van der Waals surface area contributed by atoms with Gasteiger partial charge in [0.15, 0.2) is 0 Å². The molecule has 3 atom stereocenters. The van der Waals surface area contributed by atoms with E-state index >= 15 is 0 Å². The molecule has 14 heavy (non-hydrogen) atoms. The summed E-state index contributed by atoms with van der Waals surface area (Å²) >= 11 is 0. The molecule has 0 heterocycles. The van der Waals surface area contributed by atoms with E-state index in [9.17, 15) is 14.7 Å². The van der Waals surface area contributed by atoms with Crippen LogP contribution < -0.4 is 0 Å². The molecule has 0 aromatic carbocycles. The number of aliphatic carboxylic acids is 1. The lowest BCUT2D eigenvalue weighted by molar-refractivity contribution is -0.157. The van der Waals surface area contributed by atoms with Crippen LogP contribution in [0.1, 0.15) is 39.0 Å². The first-order valence-electron chi connectivity index (χ1n) is 5.32. The molecule has 0 saturated heterocycles. The van der Waals surface area contributed by atoms with Crippen LogP contribution in [-0.2, 0) is 9.59 Å². The molecule has 2 fully saturated rings. The van der Waals surface area contributed by atoms with Crippen molar-refractivity contribution in [3.05, 3.63) is 0 Å². The molecule has 0 radical (unpaired) electrons. The van der Waals surface area contributed by atoms with Crippen molar-refractivity contribution in [3.8, 4) is 0 Å². The van der Waals surface area contributed by atoms with E-state index < -0.39 is 11.4 Å². The second-order valence-electron chi connectivity index (χ2n) is 4.76. The first-order chi connectivity index (χ1) is 6.57. The van der Waals surface area contributed by atoms with Gasteiger partial charge in [-0.05, 0) is 31.1 Å². The van der Waals surface area contributed by atoms with E-state index in [1.54, 1.807) is 0 Å². The van der Waals surface area contributed by atoms with E-state index in [-0.39, 0.29) is 17.6 Å². The number of carboxylic acid groups (broad SMARTS) is 1. The summed E-state index contributed by atoms with van der Waals surface area (Å²) in [5.41, 5.74) is -0.575. The van der Waals surface area contributed by atoms with Crippen molar-refractivity contribution >= 4 is 11.8 Å². The number of carboxylic acids is 1. The number of hydrogen-bond acceptors (Lipinski definition) is 2. The van der Waals surface area contributed by atoms with E-state index in [1.165, 1.54) is 0 Å². The fraction of sp³-hybridized carbons (Fsp3) is 0.818. The largest absolute Gasteiger partial charge is 0.481 e. The summed E-state index contributed by atoms with van der Waals surface area (Å²) in [6.45, 7) is 2.02. The maximum Gasteiger partial charge on any atom is 0.310 e. The van der Waals surface area contributed by atoms with E-state index in [1.807, 2.05) is 6.92 Å². The molecule has 1 unspecified atom stereocenters. The average Bonchev–Trinajstić information content (AvgIpc) is 2.44. The van der Waals surface area contributed by atoms with Gasteiger partial charge in [0.1, 0.15) is 5.78 Å². The van der Waals surface area contributed by atoms with Crippen LogP contribution >= 0.6 is 0 Å². The quantitative estimate of drug-likeness (QED) is 0.696. The van der Waals surface area contributed by atoms with Crippen LogP contribution in [0.2, 0.25) is 0 Å². The minimum absolute atomic E-state index is 0.108. The maximum absolute atomic E-state index is 11.4. The molecule has 3 heteroatoms. The van der Waals surface area contributed by atoms with Crippen molar-refractivity contribution in [1.29, 1.82) is 0 Å². The van der Waals surface area contributed by atoms with Crippen molar-refractivity contribution in [2.24, 2.45) is 17.3 Å². The summed E-state index contributed by atoms with van der Waals surface area (Å²) in [5.74, 6) is -0.0877. The Morgan fingerprint density at radius 3 is 2.86 bits per heavy atom. The standard InChI is InChI=1S/C11H16O3/c1-7-2-3-8-6-9(12)4-5-11(7,8)10(13)14/h7-8H,2-6H2,1H3,(H,13,14)/t7-,8?,11-/m1/s1. The molecule has 0 spiro atoms. The predicted octanol–water partition coefficient (Wildman–Crippen LogP) is 1.86. The second kappa shape index (κ2) is 3.07. The molecule has 0 aromatic heterocycles. The zero-order valence-electron chi connectivity index (χ0n) is 8.45. The van der Waals surface area contributed by atoms with E-state index in [2.05, 4.69) is 0 Å². The van der Waals surface area contributed by atoms with Gasteiger partial charge < -0.3 is 5.11 Å². The molecule has 2 aliphatic rings. The molecular weight excluding hydrogens is 180 g/mol. The highest BCUT2D eigenvalue weighted by atomic mass is 16.4. The molecule has 0 aliphatic heterocycles. The van der Waals surface area contributed by atoms with Crippen LogP contribution in [0.15, 0.2) is 0 Å². The van der Waals surface area contributed by atoms with Crippen molar-refractivity contribution < 1.29 is 14.7 Å². The lowest BCUT2D eigenvalue weighted by atomic mass is 9.64. The minimum atomic E-state index is -0.681. The zero-order chi connectivity index (χ0) is 10.3. The van der Waals surface area contributed by atoms with E-state index in [4.69, 9.17) is 0 Å². The highest BCUT2D eigenvalue weighted by molar-refractivity contribution is 5.85. The van der Waals surface area contributed by atoms with Gasteiger partial charge in [-0.25, -0.2) is 0 Å². The van der Waals surface area contributed by atoms with Crippen LogP contribution in [-0.4, -0.2) is 16.9 Å². The topological polar surface area (TPSA) is 54.4 Å². The molecule has 2 saturated carbocycles. The Labute approximate surface area is 83.5 Å². The van der Waals surface area contributed by atoms with E-state index in [0.717, 1.165) is 12.8 Å². The van der Waals surface area contributed by atoms with Crippen molar-refractivity contribution in [1.82, 2.24) is 0 Å². The molecule has 2 rings (SSSR count). The third kappa shape index (κ3) is 1.11. The van der Waals surface area contributed by atoms with Gasteiger partial charge in [-0.15, -0.1) is 0 Å². The number of rotatable bonds is 1. The van der Waals surface area contributed by atoms with Gasteiger partial charge in [0.25, 0.3) is 0 Å². The smallest absolute Gasteiger partial charge is 0.310 e. The number of Topliss-reactive ketones (excluding diaryl/α,β-unsaturated/α-hetero) is 1. The lowest BCUT2D eigenvalue weighted by Gasteiger charge is -2.38. The SMILES string of the molecule is C[C@@H]1CCC2CC(=O)CC[C@]21C(=O)O. The van der Waals surface area contributed by atoms with Crippen LogP contribution in [0.5, 0.6) is 0 Å². The molecule has 0 bridgehead atoms. The summed E-state index contributed by atoms with van der Waals surface area (Å²) in [7, 11) is 0. The van der Waals surface area contributed by atoms with Crippen molar-refractivity contribution in [2.75, 3.05) is 0 Å². The van der Waals surface area contributed by atoms with Crippen molar-refractivity contribution in [2.45, 2.75) is 39.0 Å². The fourth-order valence-corrected chi connectivity index (χ4v) is 3.32. The molecule has 0 aromatic rings. The number of hydrogen-bond donors (Lipinski definition) is 1. The Morgan fingerprint density at radius 1 is 1.50 bits per heavy atom. The van der Waals surface area contributed by atoms with Crippen LogP contribution in [0, 0.1) is 17.3 Å². The molecule has 0 amide bonds. The first kappa shape index (κ1) is 9.69. The number of ketones is 1. The molecule has 2 aliphatic carbocycles. The van der Waals surface area contributed by atoms with Gasteiger partial charge in [0.05, 0.1) is 5.41 Å². The molecule has 1 N–H and O–H groups in total. The number of fused-ring (bicyclic) bond motifs is 1. The summed E-state index contributed by atoms with van der Waals surface area (Å²) < 4.78 is 0. The highest BCUT2D eigenvalue weighted by Crippen LogP contribution is 2.54. The third-order valence-electron chi connectivity index (χ3n) is 4.25. The highest BCUT2D eigenvalue weighted by Gasteiger charge is 2.55. The van der Waals surface area contributed by atoms with Gasteiger partial charge in [-0.1, -0.05) is 6.92 Å². The second-order valence-corrected chi connectivity index (χ2v) is 4.76. The summed E-state index contributed by atoms with van der Waals surface area (Å²) in [6.07, 6.45) is 3.40. The minimum Gasteiger partial charge on any atom is -0.481 e. The summed E-state index contributed by atoms with van der Waals surface area (Å²) in [4.78, 5) is 22.6. The van der Waals surface area contributed by atoms with Crippen LogP contribution in [0.4, 0.5) is 0 Å². The Bertz CT molecular complexity index is 284. The fourth-order valence-electron chi connectivity index (χ4n) is 3.32. The number of carbonyl (C=O) groups excluding carboxylic acids is 1. The molecular formula is C11H16O3. The van der Waals surface area contributed by atoms with Gasteiger partial charge in [0.2, 0.25) is 0 Å². The van der Waals surface area contributed by atoms with Gasteiger partial charge in [0, 0.05) is 12.8 Å². The summed E-state index contributed by atoms with van der Waals surface area (Å²) in [5, 5.41) is 9.34. The number of carbonyl (C=O) groups is 2. The van der Waals surface area contributed by atoms with Gasteiger partial charge in [-0.2, -0.15) is 0 Å². The molecule has 78 valence electrons. The Kier molecular flexibility index (Phi) is 2.13. The normalized spacial score (nSPS) is 42.2. The maximum atomic E-state index is 11.4. The van der Waals surface area contributed by atoms with Crippen LogP contribution in [0.3, 0.4) is 0 Å². The van der Waals surface area contributed by atoms with Crippen LogP contribution in [0.25, 0.3) is 0 Å². The predicted molar refractivity (Wildman–Crippen MR) is 50.8 cm³/mol. The van der Waals surface area contributed by atoms with Crippen molar-refractivity contribution in [3.63, 3.8) is 0 Å². The monoisotopic (exact) mass is 196 g/mol. The van der Waals surface area contributed by atoms with E-state index in [0.29, 0.717) is 19.3 Å². The first-order valence-corrected chi connectivity index (χ1v) is 5.32. The Balaban J connectivity index is 2.32.